The fraction of sp³-hybridized carbons (Fsp3) is 0.224. The summed E-state index contributed by atoms with van der Waals surface area (Å²) in [5.74, 6) is 2.32. The third kappa shape index (κ3) is 5.68. The van der Waals surface area contributed by atoms with E-state index in [4.69, 9.17) is 0 Å². The molecule has 2 saturated carbocycles. The zero-order valence-corrected chi connectivity index (χ0v) is 30.2. The van der Waals surface area contributed by atoms with E-state index in [9.17, 15) is 0 Å². The first-order chi connectivity index (χ1) is 24.9. The Bertz CT molecular complexity index is 2330. The minimum Gasteiger partial charge on any atom is -0.309 e. The topological polar surface area (TPSA) is 6.48 Å². The number of benzene rings is 7. The predicted octanol–water partition coefficient (Wildman–Crippen LogP) is 14.1. The van der Waals surface area contributed by atoms with Crippen molar-refractivity contribution in [1.82, 2.24) is 0 Å². The lowest BCUT2D eigenvalue weighted by atomic mass is 9.82. The summed E-state index contributed by atoms with van der Waals surface area (Å²) in [4.78, 5) is 5.04. The van der Waals surface area contributed by atoms with Gasteiger partial charge in [-0.15, -0.1) is 0 Å². The van der Waals surface area contributed by atoms with Crippen molar-refractivity contribution in [1.29, 1.82) is 0 Å². The van der Waals surface area contributed by atoms with Crippen LogP contribution in [-0.4, -0.2) is 0 Å². The molecule has 2 aliphatic carbocycles. The maximum absolute atomic E-state index is 2.59. The molecule has 0 aromatic heterocycles. The molecule has 3 unspecified atom stereocenters. The molecule has 0 heterocycles. The number of fused-ring (bicyclic) bond motifs is 4. The highest BCUT2D eigenvalue weighted by Gasteiger charge is 2.40. The minimum atomic E-state index is 0.631. The minimum absolute atomic E-state index is 0.631. The predicted molar refractivity (Wildman–Crippen MR) is 218 cm³/mol. The summed E-state index contributed by atoms with van der Waals surface area (Å²) in [6.45, 7) is 8.79. The fourth-order valence-electron chi connectivity index (χ4n) is 9.40. The highest BCUT2D eigenvalue weighted by atomic mass is 15.2. The van der Waals surface area contributed by atoms with E-state index in [0.717, 1.165) is 11.8 Å². The van der Waals surface area contributed by atoms with Crippen LogP contribution < -0.4 is 9.80 Å². The molecule has 3 atom stereocenters. The third-order valence-electron chi connectivity index (χ3n) is 11.6. The second-order valence-electron chi connectivity index (χ2n) is 15.4. The maximum atomic E-state index is 2.59. The standard InChI is InChI=1S/C49H46N2/c1-32-11-7-15-39(25-32)50(40-16-8-12-33(2)26-40)48-43-19-5-6-20-44(43)49(47-31-38(23-24-45(47)48)46-30-36-21-22-37(46)29-36)51(41-17-9-13-34(3)27-41)42-18-10-14-35(4)28-42/h5-20,23-28,31,36-37,46H,21-22,29-30H2,1-4H3. The highest BCUT2D eigenvalue weighted by molar-refractivity contribution is 6.23. The number of aryl methyl sites for hydroxylation is 4. The van der Waals surface area contributed by atoms with Crippen molar-refractivity contribution in [3.8, 4) is 0 Å². The second kappa shape index (κ2) is 12.8. The zero-order chi connectivity index (χ0) is 34.6. The smallest absolute Gasteiger partial charge is 0.0620 e. The molecule has 9 rings (SSSR count). The normalized spacial score (nSPS) is 18.1. The Morgan fingerprint density at radius 3 is 1.27 bits per heavy atom. The van der Waals surface area contributed by atoms with Crippen LogP contribution in [0.4, 0.5) is 34.1 Å². The molecule has 2 aliphatic rings. The molecule has 2 heteroatoms. The first kappa shape index (κ1) is 31.6. The number of anilines is 6. The van der Waals surface area contributed by atoms with Gasteiger partial charge in [-0.1, -0.05) is 91.3 Å². The Balaban J connectivity index is 1.42. The van der Waals surface area contributed by atoms with Crippen LogP contribution in [0.2, 0.25) is 0 Å². The molecule has 0 aliphatic heterocycles. The van der Waals surface area contributed by atoms with Gasteiger partial charge >= 0.3 is 0 Å². The Hall–Kier alpha value is -5.34. The van der Waals surface area contributed by atoms with Gasteiger partial charge in [-0.3, -0.25) is 0 Å². The van der Waals surface area contributed by atoms with E-state index < -0.39 is 0 Å². The van der Waals surface area contributed by atoms with Gasteiger partial charge in [0.25, 0.3) is 0 Å². The average Bonchev–Trinajstić information content (AvgIpc) is 3.77. The van der Waals surface area contributed by atoms with E-state index in [0.29, 0.717) is 5.92 Å². The Labute approximate surface area is 303 Å². The van der Waals surface area contributed by atoms with E-state index >= 15 is 0 Å². The largest absolute Gasteiger partial charge is 0.309 e. The lowest BCUT2D eigenvalue weighted by Crippen LogP contribution is -2.15. The van der Waals surface area contributed by atoms with Crippen molar-refractivity contribution in [2.45, 2.75) is 59.3 Å². The summed E-state index contributed by atoms with van der Waals surface area (Å²) in [7, 11) is 0. The maximum Gasteiger partial charge on any atom is 0.0620 e. The fourth-order valence-corrected chi connectivity index (χ4v) is 9.40. The summed E-state index contributed by atoms with van der Waals surface area (Å²) in [5.41, 5.74) is 13.7. The van der Waals surface area contributed by atoms with Crippen LogP contribution in [0.3, 0.4) is 0 Å². The molecular formula is C49H46N2. The molecule has 0 radical (unpaired) electrons. The number of hydrogen-bond donors (Lipinski definition) is 0. The van der Waals surface area contributed by atoms with Crippen LogP contribution in [0.15, 0.2) is 140 Å². The van der Waals surface area contributed by atoms with Gasteiger partial charge in [0.2, 0.25) is 0 Å². The van der Waals surface area contributed by atoms with Gasteiger partial charge in [-0.05, 0) is 147 Å². The van der Waals surface area contributed by atoms with Crippen LogP contribution in [-0.2, 0) is 0 Å². The molecule has 2 fully saturated rings. The molecule has 2 bridgehead atoms. The van der Waals surface area contributed by atoms with Gasteiger partial charge in [0.05, 0.1) is 11.4 Å². The van der Waals surface area contributed by atoms with Crippen molar-refractivity contribution >= 4 is 55.7 Å². The molecule has 7 aromatic rings. The third-order valence-corrected chi connectivity index (χ3v) is 11.6. The van der Waals surface area contributed by atoms with Crippen molar-refractivity contribution in [3.63, 3.8) is 0 Å². The van der Waals surface area contributed by atoms with E-state index in [1.807, 2.05) is 0 Å². The average molecular weight is 663 g/mol. The van der Waals surface area contributed by atoms with Gasteiger partial charge in [0, 0.05) is 44.3 Å². The van der Waals surface area contributed by atoms with Gasteiger partial charge in [-0.2, -0.15) is 0 Å². The Kier molecular flexibility index (Phi) is 7.92. The summed E-state index contributed by atoms with van der Waals surface area (Å²) in [6.07, 6.45) is 5.50. The van der Waals surface area contributed by atoms with Gasteiger partial charge in [0.15, 0.2) is 0 Å². The van der Waals surface area contributed by atoms with Crippen LogP contribution in [0.5, 0.6) is 0 Å². The molecule has 0 spiro atoms. The SMILES string of the molecule is Cc1cccc(N(c2cccc(C)c2)c2c3ccccc3c(N(c3cccc(C)c3)c3cccc(C)c3)c3cc(C4CC5CCC4C5)ccc23)c1. The van der Waals surface area contributed by atoms with Crippen LogP contribution in [0.1, 0.15) is 59.4 Å². The van der Waals surface area contributed by atoms with E-state index in [1.165, 1.54) is 109 Å². The Morgan fingerprint density at radius 1 is 0.412 bits per heavy atom. The van der Waals surface area contributed by atoms with Gasteiger partial charge < -0.3 is 9.80 Å². The molecule has 0 N–H and O–H groups in total. The zero-order valence-electron chi connectivity index (χ0n) is 30.2. The summed E-state index contributed by atoms with van der Waals surface area (Å²) in [6, 6.07) is 52.6. The summed E-state index contributed by atoms with van der Waals surface area (Å²) < 4.78 is 0. The second-order valence-corrected chi connectivity index (χ2v) is 15.4. The van der Waals surface area contributed by atoms with Crippen molar-refractivity contribution < 1.29 is 0 Å². The van der Waals surface area contributed by atoms with Crippen LogP contribution >= 0.6 is 0 Å². The summed E-state index contributed by atoms with van der Waals surface area (Å²) >= 11 is 0. The molecular weight excluding hydrogens is 617 g/mol. The number of nitrogens with zero attached hydrogens (tertiary/aromatic N) is 2. The van der Waals surface area contributed by atoms with Crippen molar-refractivity contribution in [2.24, 2.45) is 11.8 Å². The van der Waals surface area contributed by atoms with E-state index in [2.05, 4.69) is 177 Å². The van der Waals surface area contributed by atoms with Gasteiger partial charge in [0.1, 0.15) is 0 Å². The lowest BCUT2D eigenvalue weighted by molar-refractivity contribution is 0.420. The highest BCUT2D eigenvalue weighted by Crippen LogP contribution is 2.55. The monoisotopic (exact) mass is 662 g/mol. The van der Waals surface area contributed by atoms with E-state index in [1.54, 1.807) is 0 Å². The summed E-state index contributed by atoms with van der Waals surface area (Å²) in [5, 5.41) is 5.06. The van der Waals surface area contributed by atoms with Crippen LogP contribution in [0, 0.1) is 39.5 Å². The first-order valence-corrected chi connectivity index (χ1v) is 18.8. The molecule has 0 amide bonds. The van der Waals surface area contributed by atoms with Gasteiger partial charge in [-0.25, -0.2) is 0 Å². The quantitative estimate of drug-likeness (QED) is 0.124. The van der Waals surface area contributed by atoms with Crippen LogP contribution in [0.25, 0.3) is 21.5 Å². The number of rotatable bonds is 7. The molecule has 252 valence electrons. The molecule has 2 nitrogen and oxygen atoms in total. The van der Waals surface area contributed by atoms with E-state index in [-0.39, 0.29) is 0 Å². The van der Waals surface area contributed by atoms with Crippen molar-refractivity contribution in [3.05, 3.63) is 167 Å². The molecule has 51 heavy (non-hydrogen) atoms. The Morgan fingerprint density at radius 2 is 0.863 bits per heavy atom. The number of hydrogen-bond acceptors (Lipinski definition) is 2. The molecule has 0 saturated heterocycles. The van der Waals surface area contributed by atoms with Crippen molar-refractivity contribution in [2.75, 3.05) is 9.80 Å². The lowest BCUT2D eigenvalue weighted by Gasteiger charge is -2.34. The molecule has 7 aromatic carbocycles. The first-order valence-electron chi connectivity index (χ1n) is 18.8.